The molecule has 0 fully saturated rings. The van der Waals surface area contributed by atoms with Crippen molar-refractivity contribution in [3.8, 4) is 0 Å². The van der Waals surface area contributed by atoms with E-state index in [4.69, 9.17) is 5.73 Å². The van der Waals surface area contributed by atoms with Crippen molar-refractivity contribution in [1.82, 2.24) is 9.88 Å². The van der Waals surface area contributed by atoms with Gasteiger partial charge in [0.1, 0.15) is 5.82 Å². The fourth-order valence-electron chi connectivity index (χ4n) is 1.33. The lowest BCUT2D eigenvalue weighted by Gasteiger charge is -2.18. The van der Waals surface area contributed by atoms with Gasteiger partial charge < -0.3 is 10.6 Å². The quantitative estimate of drug-likeness (QED) is 0.819. The smallest absolute Gasteiger partial charge is 0.322 e. The molecule has 16 heavy (non-hydrogen) atoms. The molecule has 0 aliphatic heterocycles. The van der Waals surface area contributed by atoms with Crippen LogP contribution in [0.1, 0.15) is 19.4 Å². The number of nitrogens with one attached hydrogen (secondary N) is 1. The number of amides is 2. The third kappa shape index (κ3) is 2.85. The summed E-state index contributed by atoms with van der Waals surface area (Å²) in [5, 5.41) is 2.73. The number of nitrogen functional groups attached to an aromatic ring is 1. The van der Waals surface area contributed by atoms with E-state index < -0.39 is 0 Å². The van der Waals surface area contributed by atoms with E-state index in [1.165, 1.54) is 0 Å². The summed E-state index contributed by atoms with van der Waals surface area (Å²) in [6.45, 7) is 7.10. The topological polar surface area (TPSA) is 71.2 Å². The van der Waals surface area contributed by atoms with E-state index in [0.29, 0.717) is 24.6 Å². The normalized spacial score (nSPS) is 9.94. The van der Waals surface area contributed by atoms with Crippen LogP contribution < -0.4 is 11.1 Å². The fourth-order valence-corrected chi connectivity index (χ4v) is 1.33. The highest BCUT2D eigenvalue weighted by Crippen LogP contribution is 2.13. The Labute approximate surface area is 95.7 Å². The minimum atomic E-state index is -0.137. The van der Waals surface area contributed by atoms with Gasteiger partial charge in [0.2, 0.25) is 0 Å². The van der Waals surface area contributed by atoms with Crippen molar-refractivity contribution >= 4 is 17.5 Å². The number of nitrogens with two attached hydrogens (primary N) is 1. The highest BCUT2D eigenvalue weighted by molar-refractivity contribution is 5.88. The second-order valence-corrected chi connectivity index (χ2v) is 3.53. The minimum absolute atomic E-state index is 0.137. The van der Waals surface area contributed by atoms with E-state index >= 15 is 0 Å². The van der Waals surface area contributed by atoms with Crippen molar-refractivity contribution in [2.75, 3.05) is 24.1 Å². The molecule has 0 atom stereocenters. The average molecular weight is 222 g/mol. The summed E-state index contributed by atoms with van der Waals surface area (Å²) >= 11 is 0. The van der Waals surface area contributed by atoms with E-state index in [1.807, 2.05) is 20.8 Å². The first-order chi connectivity index (χ1) is 7.58. The monoisotopic (exact) mass is 222 g/mol. The molecule has 88 valence electrons. The second kappa shape index (κ2) is 5.34. The van der Waals surface area contributed by atoms with Gasteiger partial charge in [0.15, 0.2) is 0 Å². The number of hydrogen-bond acceptors (Lipinski definition) is 3. The summed E-state index contributed by atoms with van der Waals surface area (Å²) in [6, 6.07) is 1.62. The van der Waals surface area contributed by atoms with Crippen LogP contribution in [0.4, 0.5) is 16.3 Å². The number of pyridine rings is 1. The van der Waals surface area contributed by atoms with Gasteiger partial charge in [-0.05, 0) is 32.4 Å². The van der Waals surface area contributed by atoms with Crippen molar-refractivity contribution in [3.05, 3.63) is 17.8 Å². The second-order valence-electron chi connectivity index (χ2n) is 3.53. The van der Waals surface area contributed by atoms with Crippen LogP contribution in [0.2, 0.25) is 0 Å². The van der Waals surface area contributed by atoms with E-state index in [0.717, 1.165) is 5.56 Å². The maximum Gasteiger partial charge on any atom is 0.322 e. The molecule has 1 heterocycles. The van der Waals surface area contributed by atoms with Crippen molar-refractivity contribution in [2.24, 2.45) is 0 Å². The first kappa shape index (κ1) is 12.3. The molecule has 1 rings (SSSR count). The maximum atomic E-state index is 11.7. The molecule has 1 aromatic heterocycles. The summed E-state index contributed by atoms with van der Waals surface area (Å²) in [5.41, 5.74) is 7.18. The standard InChI is InChI=1S/C11H18N4O/c1-4-15(5-2)11(16)14-10-6-8(3)9(12)7-13-10/h6-7H,4-5,12H2,1-3H3,(H,13,14,16). The van der Waals surface area contributed by atoms with Gasteiger partial charge in [-0.15, -0.1) is 0 Å². The van der Waals surface area contributed by atoms with Gasteiger partial charge in [-0.25, -0.2) is 9.78 Å². The molecule has 1 aromatic rings. The van der Waals surface area contributed by atoms with E-state index in [2.05, 4.69) is 10.3 Å². The Kier molecular flexibility index (Phi) is 4.10. The molecule has 2 amide bonds. The van der Waals surface area contributed by atoms with Gasteiger partial charge in [-0.3, -0.25) is 5.32 Å². The first-order valence-corrected chi connectivity index (χ1v) is 5.36. The molecule has 0 spiro atoms. The van der Waals surface area contributed by atoms with Crippen molar-refractivity contribution in [1.29, 1.82) is 0 Å². The summed E-state index contributed by atoms with van der Waals surface area (Å²) < 4.78 is 0. The summed E-state index contributed by atoms with van der Waals surface area (Å²) in [6.07, 6.45) is 1.55. The lowest BCUT2D eigenvalue weighted by atomic mass is 10.2. The lowest BCUT2D eigenvalue weighted by Crippen LogP contribution is -2.34. The zero-order chi connectivity index (χ0) is 12.1. The molecule has 0 aromatic carbocycles. The highest BCUT2D eigenvalue weighted by atomic mass is 16.2. The Morgan fingerprint density at radius 3 is 2.62 bits per heavy atom. The first-order valence-electron chi connectivity index (χ1n) is 5.36. The molecule has 0 radical (unpaired) electrons. The van der Waals surface area contributed by atoms with Crippen LogP contribution in [0.3, 0.4) is 0 Å². The molecule has 0 saturated heterocycles. The van der Waals surface area contributed by atoms with Gasteiger partial charge >= 0.3 is 6.03 Å². The van der Waals surface area contributed by atoms with Crippen LogP contribution in [-0.4, -0.2) is 29.0 Å². The Balaban J connectivity index is 2.73. The zero-order valence-electron chi connectivity index (χ0n) is 9.95. The Bertz CT molecular complexity index is 374. The number of nitrogens with zero attached hydrogens (tertiary/aromatic N) is 2. The molecule has 0 aliphatic rings. The summed E-state index contributed by atoms with van der Waals surface area (Å²) in [5.74, 6) is 0.531. The molecule has 5 nitrogen and oxygen atoms in total. The van der Waals surface area contributed by atoms with Crippen molar-refractivity contribution < 1.29 is 4.79 Å². The van der Waals surface area contributed by atoms with Gasteiger partial charge in [0, 0.05) is 13.1 Å². The van der Waals surface area contributed by atoms with E-state index in [-0.39, 0.29) is 6.03 Å². The van der Waals surface area contributed by atoms with Crippen LogP contribution in [0.5, 0.6) is 0 Å². The molecule has 0 saturated carbocycles. The summed E-state index contributed by atoms with van der Waals surface area (Å²) in [7, 11) is 0. The maximum absolute atomic E-state index is 11.7. The van der Waals surface area contributed by atoms with E-state index in [1.54, 1.807) is 17.2 Å². The zero-order valence-corrected chi connectivity index (χ0v) is 9.95. The molecule has 0 bridgehead atoms. The fraction of sp³-hybridized carbons (Fsp3) is 0.455. The van der Waals surface area contributed by atoms with Crippen molar-refractivity contribution in [3.63, 3.8) is 0 Å². The Morgan fingerprint density at radius 2 is 2.12 bits per heavy atom. The molecular formula is C11H18N4O. The molecule has 0 aliphatic carbocycles. The largest absolute Gasteiger partial charge is 0.397 e. The van der Waals surface area contributed by atoms with Crippen LogP contribution in [0.15, 0.2) is 12.3 Å². The minimum Gasteiger partial charge on any atom is -0.397 e. The summed E-state index contributed by atoms with van der Waals surface area (Å²) in [4.78, 5) is 17.4. The number of carbonyl (C=O) groups excluding carboxylic acids is 1. The van der Waals surface area contributed by atoms with E-state index in [9.17, 15) is 4.79 Å². The SMILES string of the molecule is CCN(CC)C(=O)Nc1cc(C)c(N)cn1. The third-order valence-electron chi connectivity index (χ3n) is 2.44. The van der Waals surface area contributed by atoms with Crippen LogP contribution in [0.25, 0.3) is 0 Å². The van der Waals surface area contributed by atoms with Crippen LogP contribution >= 0.6 is 0 Å². The number of urea groups is 1. The number of hydrogen-bond donors (Lipinski definition) is 2. The number of rotatable bonds is 3. The van der Waals surface area contributed by atoms with Crippen LogP contribution in [0, 0.1) is 6.92 Å². The van der Waals surface area contributed by atoms with Gasteiger partial charge in [-0.1, -0.05) is 0 Å². The Hall–Kier alpha value is -1.78. The predicted octanol–water partition coefficient (Wildman–Crippen LogP) is 1.85. The number of aromatic nitrogens is 1. The number of anilines is 2. The van der Waals surface area contributed by atoms with Gasteiger partial charge in [-0.2, -0.15) is 0 Å². The average Bonchev–Trinajstić information content (AvgIpc) is 2.25. The molecule has 0 unspecified atom stereocenters. The highest BCUT2D eigenvalue weighted by Gasteiger charge is 2.10. The van der Waals surface area contributed by atoms with Gasteiger partial charge in [0.05, 0.1) is 11.9 Å². The predicted molar refractivity (Wildman–Crippen MR) is 65.3 cm³/mol. The molecular weight excluding hydrogens is 204 g/mol. The lowest BCUT2D eigenvalue weighted by molar-refractivity contribution is 0.217. The number of carbonyl (C=O) groups is 1. The third-order valence-corrected chi connectivity index (χ3v) is 2.44. The Morgan fingerprint density at radius 1 is 1.50 bits per heavy atom. The van der Waals surface area contributed by atoms with Crippen LogP contribution in [-0.2, 0) is 0 Å². The number of aryl methyl sites for hydroxylation is 1. The van der Waals surface area contributed by atoms with Crippen molar-refractivity contribution in [2.45, 2.75) is 20.8 Å². The van der Waals surface area contributed by atoms with Gasteiger partial charge in [0.25, 0.3) is 0 Å². The molecule has 5 heteroatoms. The molecule has 3 N–H and O–H groups in total.